The summed E-state index contributed by atoms with van der Waals surface area (Å²) in [5.74, 6) is 0.430. The van der Waals surface area contributed by atoms with E-state index in [9.17, 15) is 4.79 Å². The van der Waals surface area contributed by atoms with Crippen LogP contribution in [0.25, 0.3) is 0 Å². The van der Waals surface area contributed by atoms with E-state index >= 15 is 0 Å². The Balaban J connectivity index is 2.32. The standard InChI is InChI=1S/C12H23N5O/c1-9(2)12(18)14-11-8-17(16-15-11)7-5-6-13-10(3)4/h8-10,13H,5-7H2,1-4H3,(H,14,18). The minimum Gasteiger partial charge on any atom is -0.314 e. The van der Waals surface area contributed by atoms with Gasteiger partial charge < -0.3 is 10.6 Å². The quantitative estimate of drug-likeness (QED) is 0.718. The summed E-state index contributed by atoms with van der Waals surface area (Å²) in [5, 5.41) is 13.9. The summed E-state index contributed by atoms with van der Waals surface area (Å²) >= 11 is 0. The number of carbonyl (C=O) groups excluding carboxylic acids is 1. The van der Waals surface area contributed by atoms with Crippen molar-refractivity contribution in [3.05, 3.63) is 6.20 Å². The van der Waals surface area contributed by atoms with Gasteiger partial charge in [0.05, 0.1) is 6.20 Å². The van der Waals surface area contributed by atoms with Gasteiger partial charge in [-0.05, 0) is 13.0 Å². The molecule has 1 amide bonds. The molecule has 6 heteroatoms. The van der Waals surface area contributed by atoms with Crippen molar-refractivity contribution in [2.75, 3.05) is 11.9 Å². The summed E-state index contributed by atoms with van der Waals surface area (Å²) < 4.78 is 1.75. The number of nitrogens with one attached hydrogen (secondary N) is 2. The van der Waals surface area contributed by atoms with Crippen LogP contribution in [-0.2, 0) is 11.3 Å². The van der Waals surface area contributed by atoms with Crippen molar-refractivity contribution in [2.24, 2.45) is 5.92 Å². The van der Waals surface area contributed by atoms with Crippen molar-refractivity contribution in [2.45, 2.75) is 46.7 Å². The molecule has 0 saturated heterocycles. The fraction of sp³-hybridized carbons (Fsp3) is 0.750. The van der Waals surface area contributed by atoms with Gasteiger partial charge in [0.25, 0.3) is 0 Å². The van der Waals surface area contributed by atoms with Crippen molar-refractivity contribution in [3.63, 3.8) is 0 Å². The summed E-state index contributed by atoms with van der Waals surface area (Å²) in [5.41, 5.74) is 0. The lowest BCUT2D eigenvalue weighted by Crippen LogP contribution is -2.24. The lowest BCUT2D eigenvalue weighted by atomic mass is 10.2. The van der Waals surface area contributed by atoms with E-state index < -0.39 is 0 Å². The van der Waals surface area contributed by atoms with Crippen LogP contribution in [0.15, 0.2) is 6.20 Å². The Hall–Kier alpha value is -1.43. The number of anilines is 1. The first-order valence-corrected chi connectivity index (χ1v) is 6.43. The number of aromatic nitrogens is 3. The molecule has 0 unspecified atom stereocenters. The van der Waals surface area contributed by atoms with Gasteiger partial charge in [-0.3, -0.25) is 9.48 Å². The van der Waals surface area contributed by atoms with Crippen LogP contribution >= 0.6 is 0 Å². The Morgan fingerprint density at radius 3 is 2.72 bits per heavy atom. The van der Waals surface area contributed by atoms with E-state index in [0.29, 0.717) is 11.9 Å². The first-order chi connectivity index (χ1) is 8.49. The molecule has 0 fully saturated rings. The number of rotatable bonds is 7. The molecule has 0 bridgehead atoms. The first-order valence-electron chi connectivity index (χ1n) is 6.43. The van der Waals surface area contributed by atoms with Gasteiger partial charge in [0, 0.05) is 18.5 Å². The second-order valence-corrected chi connectivity index (χ2v) is 4.97. The number of hydrogen-bond acceptors (Lipinski definition) is 4. The Labute approximate surface area is 108 Å². The van der Waals surface area contributed by atoms with Gasteiger partial charge in [-0.2, -0.15) is 0 Å². The number of nitrogens with zero attached hydrogens (tertiary/aromatic N) is 3. The predicted molar refractivity (Wildman–Crippen MR) is 71.2 cm³/mol. The average molecular weight is 253 g/mol. The van der Waals surface area contributed by atoms with E-state index in [0.717, 1.165) is 19.5 Å². The third-order valence-corrected chi connectivity index (χ3v) is 2.43. The smallest absolute Gasteiger partial charge is 0.228 e. The molecular formula is C12H23N5O. The monoisotopic (exact) mass is 253 g/mol. The van der Waals surface area contributed by atoms with Crippen LogP contribution in [0.2, 0.25) is 0 Å². The van der Waals surface area contributed by atoms with Crippen LogP contribution in [0.1, 0.15) is 34.1 Å². The topological polar surface area (TPSA) is 71.8 Å². The number of hydrogen-bond donors (Lipinski definition) is 2. The molecule has 0 atom stereocenters. The second kappa shape index (κ2) is 7.10. The van der Waals surface area contributed by atoms with Crippen LogP contribution in [-0.4, -0.2) is 33.5 Å². The molecule has 1 heterocycles. The van der Waals surface area contributed by atoms with Crippen molar-refractivity contribution in [1.82, 2.24) is 20.3 Å². The molecule has 1 rings (SSSR count). The second-order valence-electron chi connectivity index (χ2n) is 4.97. The molecule has 0 saturated carbocycles. The van der Waals surface area contributed by atoms with Gasteiger partial charge in [0.15, 0.2) is 5.82 Å². The van der Waals surface area contributed by atoms with Crippen molar-refractivity contribution < 1.29 is 4.79 Å². The van der Waals surface area contributed by atoms with Crippen LogP contribution < -0.4 is 10.6 Å². The molecule has 0 aliphatic rings. The Morgan fingerprint density at radius 2 is 2.11 bits per heavy atom. The highest BCUT2D eigenvalue weighted by Crippen LogP contribution is 2.03. The minimum atomic E-state index is -0.0506. The van der Waals surface area contributed by atoms with Crippen molar-refractivity contribution in [1.29, 1.82) is 0 Å². The zero-order valence-corrected chi connectivity index (χ0v) is 11.6. The van der Waals surface area contributed by atoms with Crippen LogP contribution in [0.3, 0.4) is 0 Å². The maximum Gasteiger partial charge on any atom is 0.228 e. The molecule has 18 heavy (non-hydrogen) atoms. The van der Waals surface area contributed by atoms with E-state index in [1.54, 1.807) is 10.9 Å². The normalized spacial score (nSPS) is 11.2. The van der Waals surface area contributed by atoms with Gasteiger partial charge in [0.1, 0.15) is 0 Å². The number of amides is 1. The lowest BCUT2D eigenvalue weighted by molar-refractivity contribution is -0.118. The summed E-state index contributed by atoms with van der Waals surface area (Å²) in [7, 11) is 0. The molecule has 6 nitrogen and oxygen atoms in total. The predicted octanol–water partition coefficient (Wildman–Crippen LogP) is 1.26. The summed E-state index contributed by atoms with van der Waals surface area (Å²) in [6.45, 7) is 9.67. The van der Waals surface area contributed by atoms with Crippen molar-refractivity contribution >= 4 is 11.7 Å². The molecular weight excluding hydrogens is 230 g/mol. The van der Waals surface area contributed by atoms with Gasteiger partial charge in [0.2, 0.25) is 5.91 Å². The van der Waals surface area contributed by atoms with Gasteiger partial charge in [-0.25, -0.2) is 0 Å². The summed E-state index contributed by atoms with van der Waals surface area (Å²) in [6, 6.07) is 0.502. The van der Waals surface area contributed by atoms with Gasteiger partial charge in [-0.1, -0.05) is 32.9 Å². The van der Waals surface area contributed by atoms with E-state index in [1.807, 2.05) is 13.8 Å². The third kappa shape index (κ3) is 5.27. The molecule has 0 aromatic carbocycles. The van der Waals surface area contributed by atoms with Crippen LogP contribution in [0.4, 0.5) is 5.82 Å². The Morgan fingerprint density at radius 1 is 1.39 bits per heavy atom. The molecule has 0 aliphatic heterocycles. The lowest BCUT2D eigenvalue weighted by Gasteiger charge is -2.07. The fourth-order valence-corrected chi connectivity index (χ4v) is 1.37. The van der Waals surface area contributed by atoms with E-state index in [1.165, 1.54) is 0 Å². The Kier molecular flexibility index (Phi) is 5.77. The largest absolute Gasteiger partial charge is 0.314 e. The molecule has 102 valence electrons. The summed E-state index contributed by atoms with van der Waals surface area (Å²) in [4.78, 5) is 11.5. The molecule has 1 aromatic heterocycles. The highest BCUT2D eigenvalue weighted by atomic mass is 16.1. The minimum absolute atomic E-state index is 0.0384. The first kappa shape index (κ1) is 14.6. The highest BCUT2D eigenvalue weighted by Gasteiger charge is 2.09. The van der Waals surface area contributed by atoms with Gasteiger partial charge in [-0.15, -0.1) is 5.10 Å². The van der Waals surface area contributed by atoms with Crippen LogP contribution in [0.5, 0.6) is 0 Å². The molecule has 0 spiro atoms. The van der Waals surface area contributed by atoms with Gasteiger partial charge >= 0.3 is 0 Å². The third-order valence-electron chi connectivity index (χ3n) is 2.43. The zero-order chi connectivity index (χ0) is 13.5. The molecule has 0 aliphatic carbocycles. The SMILES string of the molecule is CC(C)NCCCn1cc(NC(=O)C(C)C)nn1. The zero-order valence-electron chi connectivity index (χ0n) is 11.6. The molecule has 1 aromatic rings. The maximum absolute atomic E-state index is 11.5. The number of carbonyl (C=O) groups is 1. The Bertz CT molecular complexity index is 372. The summed E-state index contributed by atoms with van der Waals surface area (Å²) in [6.07, 6.45) is 2.74. The maximum atomic E-state index is 11.5. The average Bonchev–Trinajstić information content (AvgIpc) is 2.72. The molecule has 0 radical (unpaired) electrons. The van der Waals surface area contributed by atoms with E-state index in [2.05, 4.69) is 34.8 Å². The fourth-order valence-electron chi connectivity index (χ4n) is 1.37. The number of aryl methyl sites for hydroxylation is 1. The molecule has 2 N–H and O–H groups in total. The van der Waals surface area contributed by atoms with E-state index in [4.69, 9.17) is 0 Å². The van der Waals surface area contributed by atoms with Crippen LogP contribution in [0, 0.1) is 5.92 Å². The highest BCUT2D eigenvalue weighted by molar-refractivity contribution is 5.90. The van der Waals surface area contributed by atoms with Crippen molar-refractivity contribution in [3.8, 4) is 0 Å². The van der Waals surface area contributed by atoms with E-state index in [-0.39, 0.29) is 11.8 Å².